The fourth-order valence-electron chi connectivity index (χ4n) is 7.24. The summed E-state index contributed by atoms with van der Waals surface area (Å²) in [6, 6.07) is 0. The Bertz CT molecular complexity index is 631. The van der Waals surface area contributed by atoms with Crippen molar-refractivity contribution in [3.8, 4) is 0 Å². The van der Waals surface area contributed by atoms with Gasteiger partial charge in [-0.05, 0) is 75.0 Å². The third kappa shape index (κ3) is 2.20. The number of carbonyl (C=O) groups is 1. The molecule has 0 spiro atoms. The molecule has 0 heterocycles. The Morgan fingerprint density at radius 2 is 1.96 bits per heavy atom. The summed E-state index contributed by atoms with van der Waals surface area (Å²) in [6.45, 7) is 6.11. The van der Waals surface area contributed by atoms with Crippen LogP contribution in [0.1, 0.15) is 65.7 Å². The van der Waals surface area contributed by atoms with Gasteiger partial charge in [-0.3, -0.25) is 4.79 Å². The van der Waals surface area contributed by atoms with Crippen LogP contribution < -0.4 is 0 Å². The molecule has 4 aliphatic rings. The van der Waals surface area contributed by atoms with Gasteiger partial charge in [0.2, 0.25) is 0 Å². The predicted molar refractivity (Wildman–Crippen MR) is 101 cm³/mol. The molecule has 2 N–H and O–H groups in total. The molecule has 0 saturated heterocycles. The van der Waals surface area contributed by atoms with Gasteiger partial charge in [-0.2, -0.15) is 0 Å². The van der Waals surface area contributed by atoms with Crippen LogP contribution in [0.25, 0.3) is 0 Å². The maximum Gasteiger partial charge on any atom is 0.163 e. The number of aliphatic hydroxyl groups is 2. The molecule has 0 aromatic heterocycles. The van der Waals surface area contributed by atoms with Gasteiger partial charge in [0.1, 0.15) is 5.60 Å². The molecule has 25 heavy (non-hydrogen) atoms. The van der Waals surface area contributed by atoms with Crippen molar-refractivity contribution in [2.24, 2.45) is 28.6 Å². The number of alkyl halides is 1. The van der Waals surface area contributed by atoms with Gasteiger partial charge in [0.05, 0.1) is 10.9 Å². The fourth-order valence-corrected chi connectivity index (χ4v) is 8.49. The fraction of sp³-hybridized carbons (Fsp3) is 0.857. The quantitative estimate of drug-likeness (QED) is 0.507. The number of fused-ring (bicyclic) bond motifs is 5. The van der Waals surface area contributed by atoms with E-state index in [-0.39, 0.29) is 27.5 Å². The molecule has 140 valence electrons. The molecular formula is C21H31BrO3. The van der Waals surface area contributed by atoms with Crippen LogP contribution in [0.3, 0.4) is 0 Å². The van der Waals surface area contributed by atoms with Crippen LogP contribution in [-0.2, 0) is 4.79 Å². The molecule has 0 aromatic rings. The molecule has 0 aliphatic heterocycles. The van der Waals surface area contributed by atoms with Crippen molar-refractivity contribution in [1.82, 2.24) is 0 Å². The molecule has 4 rings (SSSR count). The maximum absolute atomic E-state index is 12.4. The zero-order chi connectivity index (χ0) is 18.2. The van der Waals surface area contributed by atoms with E-state index in [1.807, 2.05) is 0 Å². The van der Waals surface area contributed by atoms with Crippen molar-refractivity contribution < 1.29 is 15.0 Å². The molecule has 8 atom stereocenters. The molecule has 3 saturated carbocycles. The van der Waals surface area contributed by atoms with Gasteiger partial charge in [-0.1, -0.05) is 41.4 Å². The van der Waals surface area contributed by atoms with E-state index in [4.69, 9.17) is 0 Å². The normalized spacial score (nSPS) is 55.0. The van der Waals surface area contributed by atoms with Crippen molar-refractivity contribution in [1.29, 1.82) is 0 Å². The largest absolute Gasteiger partial charge is 0.393 e. The van der Waals surface area contributed by atoms with Crippen LogP contribution in [0.15, 0.2) is 11.6 Å². The van der Waals surface area contributed by atoms with Crippen LogP contribution >= 0.6 is 15.9 Å². The number of ketones is 1. The number of hydrogen-bond donors (Lipinski definition) is 2. The molecule has 4 heteroatoms. The summed E-state index contributed by atoms with van der Waals surface area (Å²) < 4.78 is 0. The SMILES string of the molecule is CC(=O)[C@@]1(O)C(Br)C[C@H]2[C@@H]3CC=C4C[C@@H](O)CC[C@]4(C)[C@H]3CC[C@@]21C. The first-order chi connectivity index (χ1) is 11.6. The first-order valence-corrected chi connectivity index (χ1v) is 10.8. The van der Waals surface area contributed by atoms with Gasteiger partial charge in [-0.25, -0.2) is 0 Å². The third-order valence-corrected chi connectivity index (χ3v) is 9.83. The standard InChI is InChI=1S/C21H31BrO3/c1-12(23)21(25)18(22)11-17-15-5-4-13-10-14(24)6-8-19(13,2)16(15)7-9-20(17,21)3/h4,14-18,24-25H,5-11H2,1-3H3/t14-,15+,16-,17-,18?,19-,20-,21+/m0/s1. The zero-order valence-electron chi connectivity index (χ0n) is 15.6. The van der Waals surface area contributed by atoms with Gasteiger partial charge in [0.15, 0.2) is 5.78 Å². The molecule has 3 nitrogen and oxygen atoms in total. The predicted octanol–water partition coefficient (Wildman–Crippen LogP) is 4.00. The second kappa shape index (κ2) is 5.65. The summed E-state index contributed by atoms with van der Waals surface area (Å²) in [7, 11) is 0. The number of halogens is 1. The highest BCUT2D eigenvalue weighted by atomic mass is 79.9. The van der Waals surface area contributed by atoms with E-state index >= 15 is 0 Å². The Hall–Kier alpha value is -0.190. The Labute approximate surface area is 159 Å². The average Bonchev–Trinajstić information content (AvgIpc) is 2.77. The molecule has 4 aliphatic carbocycles. The Morgan fingerprint density at radius 1 is 1.24 bits per heavy atom. The lowest BCUT2D eigenvalue weighted by atomic mass is 9.47. The van der Waals surface area contributed by atoms with Crippen molar-refractivity contribution in [2.75, 3.05) is 0 Å². The van der Waals surface area contributed by atoms with Crippen molar-refractivity contribution in [3.63, 3.8) is 0 Å². The summed E-state index contributed by atoms with van der Waals surface area (Å²) >= 11 is 3.67. The smallest absolute Gasteiger partial charge is 0.163 e. The van der Waals surface area contributed by atoms with Crippen LogP contribution in [0.5, 0.6) is 0 Å². The Morgan fingerprint density at radius 3 is 2.64 bits per heavy atom. The number of aliphatic hydroxyl groups excluding tert-OH is 1. The van der Waals surface area contributed by atoms with Crippen molar-refractivity contribution in [3.05, 3.63) is 11.6 Å². The van der Waals surface area contributed by atoms with Crippen LogP contribution in [0.2, 0.25) is 0 Å². The van der Waals surface area contributed by atoms with Crippen molar-refractivity contribution >= 4 is 21.7 Å². The van der Waals surface area contributed by atoms with Gasteiger partial charge in [-0.15, -0.1) is 0 Å². The highest BCUT2D eigenvalue weighted by Crippen LogP contribution is 2.68. The van der Waals surface area contributed by atoms with E-state index in [1.165, 1.54) is 5.57 Å². The molecule has 3 fully saturated rings. The van der Waals surface area contributed by atoms with Gasteiger partial charge in [0, 0.05) is 5.41 Å². The van der Waals surface area contributed by atoms with E-state index in [2.05, 4.69) is 35.9 Å². The average molecular weight is 411 g/mol. The van der Waals surface area contributed by atoms with Crippen LogP contribution in [0, 0.1) is 28.6 Å². The molecular weight excluding hydrogens is 380 g/mol. The molecule has 0 amide bonds. The second-order valence-electron chi connectivity index (χ2n) is 9.64. The van der Waals surface area contributed by atoms with E-state index in [0.29, 0.717) is 17.8 Å². The van der Waals surface area contributed by atoms with Gasteiger partial charge < -0.3 is 10.2 Å². The van der Waals surface area contributed by atoms with Crippen molar-refractivity contribution in [2.45, 2.75) is 82.2 Å². The van der Waals surface area contributed by atoms with E-state index in [1.54, 1.807) is 6.92 Å². The third-order valence-electron chi connectivity index (χ3n) is 8.79. The first kappa shape index (κ1) is 18.2. The second-order valence-corrected chi connectivity index (χ2v) is 10.7. The lowest BCUT2D eigenvalue weighted by Crippen LogP contribution is -2.58. The van der Waals surface area contributed by atoms with E-state index in [9.17, 15) is 15.0 Å². The molecule has 0 bridgehead atoms. The highest BCUT2D eigenvalue weighted by molar-refractivity contribution is 9.09. The summed E-state index contributed by atoms with van der Waals surface area (Å²) in [4.78, 5) is 12.3. The Kier molecular flexibility index (Phi) is 4.11. The number of allylic oxidation sites excluding steroid dienone is 1. The summed E-state index contributed by atoms with van der Waals surface area (Å²) in [5, 5.41) is 21.5. The Balaban J connectivity index is 1.72. The summed E-state index contributed by atoms with van der Waals surface area (Å²) in [6.07, 6.45) is 8.94. The number of hydrogen-bond acceptors (Lipinski definition) is 3. The molecule has 0 radical (unpaired) electrons. The highest BCUT2D eigenvalue weighted by Gasteiger charge is 2.68. The minimum Gasteiger partial charge on any atom is -0.393 e. The molecule has 1 unspecified atom stereocenters. The van der Waals surface area contributed by atoms with Crippen LogP contribution in [0.4, 0.5) is 0 Å². The summed E-state index contributed by atoms with van der Waals surface area (Å²) in [5.74, 6) is 1.45. The van der Waals surface area contributed by atoms with E-state index in [0.717, 1.165) is 44.9 Å². The lowest BCUT2D eigenvalue weighted by Gasteiger charge is -2.58. The summed E-state index contributed by atoms with van der Waals surface area (Å²) in [5.41, 5.74) is 0.0917. The monoisotopic (exact) mass is 410 g/mol. The first-order valence-electron chi connectivity index (χ1n) is 9.89. The molecule has 0 aromatic carbocycles. The number of Topliss-reactive ketones (excluding diaryl/α,β-unsaturated/α-hetero) is 1. The minimum absolute atomic E-state index is 0.0862. The number of rotatable bonds is 1. The zero-order valence-corrected chi connectivity index (χ0v) is 17.2. The van der Waals surface area contributed by atoms with Gasteiger partial charge in [0.25, 0.3) is 0 Å². The van der Waals surface area contributed by atoms with Gasteiger partial charge >= 0.3 is 0 Å². The minimum atomic E-state index is -1.24. The van der Waals surface area contributed by atoms with Crippen LogP contribution in [-0.4, -0.2) is 32.5 Å². The topological polar surface area (TPSA) is 57.5 Å². The lowest BCUT2D eigenvalue weighted by molar-refractivity contribution is -0.158. The maximum atomic E-state index is 12.4. The van der Waals surface area contributed by atoms with E-state index < -0.39 is 5.60 Å². The number of carbonyl (C=O) groups excluding carboxylic acids is 1.